The number of carbonyl (C=O) groups excluding carboxylic acids is 4. The van der Waals surface area contributed by atoms with E-state index in [9.17, 15) is 19.2 Å². The number of alkyl halides is 3. The van der Waals surface area contributed by atoms with Crippen LogP contribution in [0.25, 0.3) is 0 Å². The van der Waals surface area contributed by atoms with Crippen molar-refractivity contribution in [3.8, 4) is 0 Å². The van der Waals surface area contributed by atoms with Crippen molar-refractivity contribution in [1.82, 2.24) is 0 Å². The monoisotopic (exact) mass is 859 g/mol. The predicted molar refractivity (Wildman–Crippen MR) is 205 cm³/mol. The van der Waals surface area contributed by atoms with Crippen LogP contribution >= 0.6 is 34.8 Å². The van der Waals surface area contributed by atoms with Crippen molar-refractivity contribution < 1.29 is 66.5 Å². The van der Waals surface area contributed by atoms with Gasteiger partial charge in [0.05, 0.1) is 0 Å². The fourth-order valence-electron chi connectivity index (χ4n) is 5.19. The first-order chi connectivity index (χ1) is 27.9. The van der Waals surface area contributed by atoms with Gasteiger partial charge in [-0.15, -0.1) is 0 Å². The highest BCUT2D eigenvalue weighted by Gasteiger charge is 2.55. The zero-order valence-electron chi connectivity index (χ0n) is 30.3. The molecule has 0 aromatic heterocycles. The average molecular weight is 861 g/mol. The Morgan fingerprint density at radius 1 is 0.483 bits per heavy atom. The lowest BCUT2D eigenvalue weighted by Gasteiger charge is -2.43. The van der Waals surface area contributed by atoms with Gasteiger partial charge in [0.2, 0.25) is 18.3 Å². The number of benzene rings is 4. The molecule has 0 amide bonds. The molecule has 1 aliphatic rings. The molecule has 0 radical (unpaired) electrons. The predicted octanol–water partition coefficient (Wildman–Crippen LogP) is 8.59. The molecule has 306 valence electrons. The van der Waals surface area contributed by atoms with Crippen LogP contribution in [-0.4, -0.2) is 71.6 Å². The fraction of sp³-hybridized carbons (Fsp3) is 0.275. The van der Waals surface area contributed by atoms with Gasteiger partial charge < -0.3 is 47.4 Å². The minimum Gasteiger partial charge on any atom is -0.444 e. The molecule has 5 atom stereocenters. The molecule has 0 spiro atoms. The molecule has 0 saturated carbocycles. The maximum absolute atomic E-state index is 13.4. The van der Waals surface area contributed by atoms with E-state index in [1.165, 1.54) is 0 Å². The zero-order valence-corrected chi connectivity index (χ0v) is 32.6. The summed E-state index contributed by atoms with van der Waals surface area (Å²) < 4.78 is 52.4. The molecule has 0 bridgehead atoms. The van der Waals surface area contributed by atoms with E-state index in [0.29, 0.717) is 22.3 Å². The Hall–Kier alpha value is -5.74. The lowest BCUT2D eigenvalue weighted by molar-refractivity contribution is -0.286. The SMILES string of the molecule is N=C(O[C@H]1O[C@H](COC(=O)OCc2ccccc2)[C@@H](OC(=O)OCc2ccccc2)[C@H](OC(=O)OCc2ccccc2)[C@@H]1OC(=O)OCc1ccccc1)C(Cl)(Cl)Cl. The van der Waals surface area contributed by atoms with Crippen LogP contribution in [0.4, 0.5) is 19.2 Å². The standard InChI is InChI=1S/C40H36Cl3NO14/c41-40(42,43)35(44)58-34-33(57-39(48)52-24-29-19-11-4-12-20-29)32(56-38(47)51-23-28-17-9-3-10-18-28)31(55-37(46)50-22-27-15-7-2-8-16-27)30(54-34)25-53-36(45)49-21-26-13-5-1-6-14-26/h1-20,30-34,44H,21-25H2/t30-,31-,32+,33+,34-/m1/s1. The summed E-state index contributed by atoms with van der Waals surface area (Å²) in [6.07, 6.45) is -14.5. The minimum atomic E-state index is -2.48. The third-order valence-corrected chi connectivity index (χ3v) is 8.46. The van der Waals surface area contributed by atoms with Crippen molar-refractivity contribution in [2.45, 2.75) is 60.9 Å². The van der Waals surface area contributed by atoms with Crippen LogP contribution in [-0.2, 0) is 73.8 Å². The van der Waals surface area contributed by atoms with Gasteiger partial charge in [0, 0.05) is 0 Å². The second-order valence-corrected chi connectivity index (χ2v) is 14.4. The van der Waals surface area contributed by atoms with E-state index < -0.39 is 71.6 Å². The van der Waals surface area contributed by atoms with E-state index in [4.69, 9.17) is 87.6 Å². The Labute approximate surface area is 347 Å². The van der Waals surface area contributed by atoms with Gasteiger partial charge in [-0.1, -0.05) is 156 Å². The Kier molecular flexibility index (Phi) is 16.2. The molecule has 4 aromatic carbocycles. The largest absolute Gasteiger partial charge is 0.509 e. The van der Waals surface area contributed by atoms with Crippen molar-refractivity contribution >= 4 is 65.3 Å². The molecule has 1 heterocycles. The number of halogens is 3. The maximum atomic E-state index is 13.4. The average Bonchev–Trinajstić information content (AvgIpc) is 3.23. The number of hydrogen-bond donors (Lipinski definition) is 1. The van der Waals surface area contributed by atoms with Gasteiger partial charge in [-0.3, -0.25) is 5.41 Å². The summed E-state index contributed by atoms with van der Waals surface area (Å²) in [7, 11) is 0. The maximum Gasteiger partial charge on any atom is 0.509 e. The second-order valence-electron chi connectivity index (χ2n) is 12.1. The number of carbonyl (C=O) groups is 4. The van der Waals surface area contributed by atoms with Crippen LogP contribution < -0.4 is 0 Å². The summed E-state index contributed by atoms with van der Waals surface area (Å²) in [6, 6.07) is 34.4. The molecule has 15 nitrogen and oxygen atoms in total. The Morgan fingerprint density at radius 3 is 1.21 bits per heavy atom. The Bertz CT molecular complexity index is 1940. The zero-order chi connectivity index (χ0) is 41.3. The van der Waals surface area contributed by atoms with Gasteiger partial charge in [-0.2, -0.15) is 0 Å². The lowest BCUT2D eigenvalue weighted by Crippen LogP contribution is -2.63. The van der Waals surface area contributed by atoms with Gasteiger partial charge in [-0.25, -0.2) is 19.2 Å². The Morgan fingerprint density at radius 2 is 0.828 bits per heavy atom. The van der Waals surface area contributed by atoms with E-state index in [1.807, 2.05) is 0 Å². The van der Waals surface area contributed by atoms with E-state index >= 15 is 0 Å². The first-order valence-corrected chi connectivity index (χ1v) is 18.5. The molecule has 58 heavy (non-hydrogen) atoms. The van der Waals surface area contributed by atoms with Crippen LogP contribution in [0.3, 0.4) is 0 Å². The van der Waals surface area contributed by atoms with Gasteiger partial charge in [0.1, 0.15) is 39.1 Å². The molecule has 0 unspecified atom stereocenters. The topological polar surface area (TPSA) is 184 Å². The number of rotatable bonds is 14. The lowest BCUT2D eigenvalue weighted by atomic mass is 9.98. The fourth-order valence-corrected chi connectivity index (χ4v) is 5.32. The summed E-state index contributed by atoms with van der Waals surface area (Å²) in [4.78, 5) is 52.7. The molecule has 18 heteroatoms. The van der Waals surface area contributed by atoms with E-state index in [-0.39, 0.29) is 26.4 Å². The molecule has 5 rings (SSSR count). The van der Waals surface area contributed by atoms with Crippen molar-refractivity contribution in [3.63, 3.8) is 0 Å². The molecule has 1 saturated heterocycles. The van der Waals surface area contributed by atoms with Gasteiger partial charge in [0.15, 0.2) is 12.2 Å². The van der Waals surface area contributed by atoms with Crippen molar-refractivity contribution in [2.24, 2.45) is 0 Å². The van der Waals surface area contributed by atoms with Crippen LogP contribution in [0.15, 0.2) is 121 Å². The molecular formula is C40H36Cl3NO14. The van der Waals surface area contributed by atoms with E-state index in [1.54, 1.807) is 121 Å². The van der Waals surface area contributed by atoms with Crippen LogP contribution in [0.5, 0.6) is 0 Å². The Balaban J connectivity index is 1.45. The van der Waals surface area contributed by atoms with Crippen molar-refractivity contribution in [3.05, 3.63) is 144 Å². The summed E-state index contributed by atoms with van der Waals surface area (Å²) in [5, 5.41) is 8.27. The highest BCUT2D eigenvalue weighted by molar-refractivity contribution is 6.76. The van der Waals surface area contributed by atoms with E-state index in [2.05, 4.69) is 0 Å². The minimum absolute atomic E-state index is 0.164. The molecule has 1 fully saturated rings. The van der Waals surface area contributed by atoms with Crippen LogP contribution in [0.1, 0.15) is 22.3 Å². The second kappa shape index (κ2) is 21.7. The summed E-state index contributed by atoms with van der Waals surface area (Å²) in [5.74, 6) is -1.03. The summed E-state index contributed by atoms with van der Waals surface area (Å²) in [6.45, 7) is -1.71. The van der Waals surface area contributed by atoms with Crippen LogP contribution in [0, 0.1) is 5.41 Å². The molecule has 1 aliphatic heterocycles. The quantitative estimate of drug-likeness (QED) is 0.0418. The highest BCUT2D eigenvalue weighted by atomic mass is 35.6. The van der Waals surface area contributed by atoms with E-state index in [0.717, 1.165) is 0 Å². The third-order valence-electron chi connectivity index (χ3n) is 7.94. The van der Waals surface area contributed by atoms with Gasteiger partial charge in [-0.05, 0) is 22.3 Å². The molecular weight excluding hydrogens is 825 g/mol. The molecule has 1 N–H and O–H groups in total. The highest BCUT2D eigenvalue weighted by Crippen LogP contribution is 2.34. The normalized spacial score (nSPS) is 18.7. The number of nitrogens with one attached hydrogen (secondary N) is 1. The molecule has 4 aromatic rings. The number of ether oxygens (including phenoxy) is 10. The van der Waals surface area contributed by atoms with Gasteiger partial charge in [0.25, 0.3) is 3.79 Å². The first kappa shape index (κ1) is 43.4. The van der Waals surface area contributed by atoms with Crippen molar-refractivity contribution in [1.29, 1.82) is 5.41 Å². The smallest absolute Gasteiger partial charge is 0.444 e. The molecule has 0 aliphatic carbocycles. The van der Waals surface area contributed by atoms with Crippen molar-refractivity contribution in [2.75, 3.05) is 6.61 Å². The third kappa shape index (κ3) is 14.0. The summed E-state index contributed by atoms with van der Waals surface area (Å²) in [5.41, 5.74) is 2.41. The number of hydrogen-bond acceptors (Lipinski definition) is 15. The summed E-state index contributed by atoms with van der Waals surface area (Å²) >= 11 is 17.8. The van der Waals surface area contributed by atoms with Gasteiger partial charge >= 0.3 is 24.6 Å². The van der Waals surface area contributed by atoms with Crippen LogP contribution in [0.2, 0.25) is 0 Å². The first-order valence-electron chi connectivity index (χ1n) is 17.4.